The molecule has 0 N–H and O–H groups in total. The maximum atomic E-state index is 11.7. The number of hydrogen-bond acceptors (Lipinski definition) is 4. The molecule has 0 fully saturated rings. The predicted octanol–water partition coefficient (Wildman–Crippen LogP) is 3.38. The predicted molar refractivity (Wildman–Crippen MR) is 76.7 cm³/mol. The number of benzene rings is 1. The van der Waals surface area contributed by atoms with Crippen LogP contribution in [0.2, 0.25) is 0 Å². The highest BCUT2D eigenvalue weighted by Gasteiger charge is 2.10. The third-order valence-corrected chi connectivity index (χ3v) is 2.67. The van der Waals surface area contributed by atoms with Crippen LogP contribution in [0.5, 0.6) is 0 Å². The third-order valence-electron chi connectivity index (χ3n) is 2.67. The van der Waals surface area contributed by atoms with E-state index < -0.39 is 5.97 Å². The van der Waals surface area contributed by atoms with E-state index in [0.717, 1.165) is 19.3 Å². The van der Waals surface area contributed by atoms with E-state index in [2.05, 4.69) is 13.5 Å². The molecular weight excluding hydrogens is 256 g/mol. The molecule has 0 amide bonds. The zero-order valence-electron chi connectivity index (χ0n) is 11.8. The molecule has 1 aromatic rings. The standard InChI is InChI=1S/C16H20O4/c1-3-5-6-12-20-16(18)14-9-7-13(8-10-14)15(17)19-11-4-2/h4,7-10H,2-3,5-6,11-12H2,1H3. The summed E-state index contributed by atoms with van der Waals surface area (Å²) in [6.45, 7) is 6.15. The zero-order valence-corrected chi connectivity index (χ0v) is 11.8. The number of unbranched alkanes of at least 4 members (excludes halogenated alkanes) is 2. The summed E-state index contributed by atoms with van der Waals surface area (Å²) < 4.78 is 10.0. The number of rotatable bonds is 8. The van der Waals surface area contributed by atoms with Crippen LogP contribution in [-0.4, -0.2) is 25.2 Å². The van der Waals surface area contributed by atoms with Crippen LogP contribution >= 0.6 is 0 Å². The lowest BCUT2D eigenvalue weighted by Gasteiger charge is -2.05. The minimum atomic E-state index is -0.437. The molecule has 0 spiro atoms. The summed E-state index contributed by atoms with van der Waals surface area (Å²) in [5.41, 5.74) is 0.830. The van der Waals surface area contributed by atoms with Crippen molar-refractivity contribution in [3.8, 4) is 0 Å². The first-order chi connectivity index (χ1) is 9.69. The van der Waals surface area contributed by atoms with Gasteiger partial charge in [0.05, 0.1) is 17.7 Å². The summed E-state index contributed by atoms with van der Waals surface area (Å²) >= 11 is 0. The van der Waals surface area contributed by atoms with Gasteiger partial charge in [-0.2, -0.15) is 0 Å². The molecule has 4 heteroatoms. The van der Waals surface area contributed by atoms with E-state index in [0.29, 0.717) is 17.7 Å². The van der Waals surface area contributed by atoms with Crippen molar-refractivity contribution in [2.45, 2.75) is 26.2 Å². The smallest absolute Gasteiger partial charge is 0.338 e. The summed E-state index contributed by atoms with van der Waals surface area (Å²) in [5, 5.41) is 0. The Morgan fingerprint density at radius 3 is 2.10 bits per heavy atom. The van der Waals surface area contributed by atoms with Gasteiger partial charge in [-0.15, -0.1) is 0 Å². The quantitative estimate of drug-likeness (QED) is 0.415. The first-order valence-electron chi connectivity index (χ1n) is 6.74. The maximum Gasteiger partial charge on any atom is 0.338 e. The average Bonchev–Trinajstić information content (AvgIpc) is 2.49. The fraction of sp³-hybridized carbons (Fsp3) is 0.375. The second-order valence-electron chi connectivity index (χ2n) is 4.31. The molecule has 1 rings (SSSR count). The Bertz CT molecular complexity index is 448. The molecule has 0 bridgehead atoms. The van der Waals surface area contributed by atoms with Crippen LogP contribution in [0.1, 0.15) is 46.9 Å². The molecule has 4 nitrogen and oxygen atoms in total. The molecule has 0 saturated heterocycles. The monoisotopic (exact) mass is 276 g/mol. The van der Waals surface area contributed by atoms with E-state index in [-0.39, 0.29) is 12.6 Å². The third kappa shape index (κ3) is 5.26. The van der Waals surface area contributed by atoms with Gasteiger partial charge in [0.2, 0.25) is 0 Å². The Balaban J connectivity index is 2.50. The molecular formula is C16H20O4. The number of carbonyl (C=O) groups excluding carboxylic acids is 2. The topological polar surface area (TPSA) is 52.6 Å². The molecule has 108 valence electrons. The molecule has 0 heterocycles. The Hall–Kier alpha value is -2.10. The number of esters is 2. The van der Waals surface area contributed by atoms with Crippen LogP contribution in [0.3, 0.4) is 0 Å². The van der Waals surface area contributed by atoms with Gasteiger partial charge in [-0.1, -0.05) is 32.4 Å². The highest BCUT2D eigenvalue weighted by molar-refractivity contribution is 5.93. The number of hydrogen-bond donors (Lipinski definition) is 0. The van der Waals surface area contributed by atoms with Crippen molar-refractivity contribution in [2.75, 3.05) is 13.2 Å². The van der Waals surface area contributed by atoms with Gasteiger partial charge >= 0.3 is 11.9 Å². The molecule has 0 unspecified atom stereocenters. The van der Waals surface area contributed by atoms with Crippen molar-refractivity contribution in [1.82, 2.24) is 0 Å². The van der Waals surface area contributed by atoms with Crippen LogP contribution in [0.25, 0.3) is 0 Å². The normalized spacial score (nSPS) is 9.85. The highest BCUT2D eigenvalue weighted by Crippen LogP contribution is 2.08. The Kier molecular flexibility index (Phi) is 7.11. The van der Waals surface area contributed by atoms with Crippen molar-refractivity contribution < 1.29 is 19.1 Å². The van der Waals surface area contributed by atoms with Crippen LogP contribution in [0.15, 0.2) is 36.9 Å². The lowest BCUT2D eigenvalue weighted by molar-refractivity contribution is 0.0494. The number of ether oxygens (including phenoxy) is 2. The van der Waals surface area contributed by atoms with Crippen LogP contribution in [0, 0.1) is 0 Å². The fourth-order valence-electron chi connectivity index (χ4n) is 1.56. The minimum absolute atomic E-state index is 0.167. The van der Waals surface area contributed by atoms with Gasteiger partial charge in [0.15, 0.2) is 0 Å². The van der Waals surface area contributed by atoms with Gasteiger partial charge in [0, 0.05) is 0 Å². The second kappa shape index (κ2) is 8.91. The van der Waals surface area contributed by atoms with E-state index >= 15 is 0 Å². The number of carbonyl (C=O) groups is 2. The molecule has 0 aliphatic carbocycles. The summed E-state index contributed by atoms with van der Waals surface area (Å²) in [4.78, 5) is 23.3. The van der Waals surface area contributed by atoms with Gasteiger partial charge in [0.1, 0.15) is 6.61 Å². The zero-order chi connectivity index (χ0) is 14.8. The summed E-state index contributed by atoms with van der Waals surface area (Å²) in [7, 11) is 0. The van der Waals surface area contributed by atoms with Crippen molar-refractivity contribution in [1.29, 1.82) is 0 Å². The highest BCUT2D eigenvalue weighted by atomic mass is 16.5. The van der Waals surface area contributed by atoms with Crippen molar-refractivity contribution in [3.63, 3.8) is 0 Å². The van der Waals surface area contributed by atoms with Gasteiger partial charge < -0.3 is 9.47 Å². The molecule has 0 atom stereocenters. The van der Waals surface area contributed by atoms with E-state index in [9.17, 15) is 9.59 Å². The van der Waals surface area contributed by atoms with Crippen molar-refractivity contribution in [3.05, 3.63) is 48.0 Å². The van der Waals surface area contributed by atoms with Crippen molar-refractivity contribution >= 4 is 11.9 Å². The molecule has 0 aromatic heterocycles. The fourth-order valence-corrected chi connectivity index (χ4v) is 1.56. The minimum Gasteiger partial charge on any atom is -0.462 e. The van der Waals surface area contributed by atoms with Gasteiger partial charge in [0.25, 0.3) is 0 Å². The largest absolute Gasteiger partial charge is 0.462 e. The lowest BCUT2D eigenvalue weighted by atomic mass is 10.1. The van der Waals surface area contributed by atoms with E-state index in [4.69, 9.17) is 9.47 Å². The van der Waals surface area contributed by atoms with Crippen LogP contribution in [-0.2, 0) is 9.47 Å². The lowest BCUT2D eigenvalue weighted by Crippen LogP contribution is -2.08. The molecule has 0 aliphatic rings. The Morgan fingerprint density at radius 2 is 1.60 bits per heavy atom. The second-order valence-corrected chi connectivity index (χ2v) is 4.31. The van der Waals surface area contributed by atoms with Gasteiger partial charge in [-0.25, -0.2) is 9.59 Å². The summed E-state index contributed by atoms with van der Waals surface area (Å²) in [6, 6.07) is 6.22. The van der Waals surface area contributed by atoms with E-state index in [1.807, 2.05) is 0 Å². The van der Waals surface area contributed by atoms with E-state index in [1.165, 1.54) is 6.08 Å². The molecule has 0 radical (unpaired) electrons. The molecule has 1 aromatic carbocycles. The van der Waals surface area contributed by atoms with Gasteiger partial charge in [-0.3, -0.25) is 0 Å². The first kappa shape index (κ1) is 16.0. The maximum absolute atomic E-state index is 11.7. The molecule has 20 heavy (non-hydrogen) atoms. The Labute approximate surface area is 119 Å². The van der Waals surface area contributed by atoms with Crippen molar-refractivity contribution in [2.24, 2.45) is 0 Å². The van der Waals surface area contributed by atoms with E-state index in [1.54, 1.807) is 24.3 Å². The first-order valence-corrected chi connectivity index (χ1v) is 6.74. The van der Waals surface area contributed by atoms with Gasteiger partial charge in [-0.05, 0) is 30.7 Å². The average molecular weight is 276 g/mol. The summed E-state index contributed by atoms with van der Waals surface area (Å²) in [6.07, 6.45) is 4.49. The Morgan fingerprint density at radius 1 is 1.05 bits per heavy atom. The van der Waals surface area contributed by atoms with Crippen LogP contribution < -0.4 is 0 Å². The SMILES string of the molecule is C=CCOC(=O)c1ccc(C(=O)OCCCCC)cc1. The molecule has 0 aliphatic heterocycles. The van der Waals surface area contributed by atoms with Crippen LogP contribution in [0.4, 0.5) is 0 Å². The molecule has 0 saturated carbocycles. The summed E-state index contributed by atoms with van der Waals surface area (Å²) in [5.74, 6) is -0.806.